The molecule has 0 radical (unpaired) electrons. The molecular formula is C23H24N2O2S2. The number of esters is 1. The third-order valence-electron chi connectivity index (χ3n) is 4.68. The topological polar surface area (TPSA) is 50.4 Å². The fourth-order valence-electron chi connectivity index (χ4n) is 3.51. The predicted octanol–water partition coefficient (Wildman–Crippen LogP) is 6.24. The average molecular weight is 425 g/mol. The summed E-state index contributed by atoms with van der Waals surface area (Å²) in [4.78, 5) is 13.6. The van der Waals surface area contributed by atoms with E-state index in [1.54, 1.807) is 0 Å². The highest BCUT2D eigenvalue weighted by Crippen LogP contribution is 2.40. The van der Waals surface area contributed by atoms with E-state index in [2.05, 4.69) is 29.7 Å². The average Bonchev–Trinajstić information content (AvgIpc) is 3.00. The van der Waals surface area contributed by atoms with Crippen molar-refractivity contribution in [2.75, 3.05) is 17.7 Å². The lowest BCUT2D eigenvalue weighted by molar-refractivity contribution is 0.0603. The molecule has 2 N–H and O–H groups in total. The second-order valence-corrected chi connectivity index (χ2v) is 8.58. The number of thiocarbonyl (C=S) groups is 1. The number of rotatable bonds is 4. The zero-order valence-electron chi connectivity index (χ0n) is 17.2. The zero-order valence-corrected chi connectivity index (χ0v) is 18.8. The summed E-state index contributed by atoms with van der Waals surface area (Å²) in [7, 11) is 1.39. The number of carbonyl (C=O) groups excluding carboxylic acids is 1. The van der Waals surface area contributed by atoms with Crippen molar-refractivity contribution in [3.63, 3.8) is 0 Å². The normalized spacial score (nSPS) is 10.5. The van der Waals surface area contributed by atoms with Crippen LogP contribution in [-0.4, -0.2) is 18.2 Å². The van der Waals surface area contributed by atoms with Gasteiger partial charge in [0.05, 0.1) is 7.11 Å². The number of nitrogens with one attached hydrogen (secondary N) is 2. The molecule has 3 rings (SSSR count). The van der Waals surface area contributed by atoms with E-state index in [1.807, 2.05) is 51.1 Å². The van der Waals surface area contributed by atoms with E-state index < -0.39 is 0 Å². The second-order valence-electron chi connectivity index (χ2n) is 6.95. The maximum absolute atomic E-state index is 12.6. The first-order chi connectivity index (χ1) is 13.8. The molecule has 0 aliphatic carbocycles. The van der Waals surface area contributed by atoms with Gasteiger partial charge in [0.15, 0.2) is 5.11 Å². The molecule has 0 bridgehead atoms. The van der Waals surface area contributed by atoms with Gasteiger partial charge in [-0.15, -0.1) is 11.3 Å². The van der Waals surface area contributed by atoms with E-state index in [0.29, 0.717) is 15.7 Å². The van der Waals surface area contributed by atoms with Crippen LogP contribution in [0, 0.1) is 27.7 Å². The van der Waals surface area contributed by atoms with Crippen LogP contribution in [0.1, 0.15) is 31.9 Å². The van der Waals surface area contributed by atoms with E-state index in [1.165, 1.54) is 24.0 Å². The molecule has 0 saturated heterocycles. The highest BCUT2D eigenvalue weighted by molar-refractivity contribution is 7.80. The summed E-state index contributed by atoms with van der Waals surface area (Å²) in [5.41, 5.74) is 6.76. The number of benzene rings is 2. The number of carbonyl (C=O) groups is 1. The van der Waals surface area contributed by atoms with Gasteiger partial charge in [0.2, 0.25) is 0 Å². The molecular weight excluding hydrogens is 400 g/mol. The van der Waals surface area contributed by atoms with Gasteiger partial charge in [-0.3, -0.25) is 0 Å². The Morgan fingerprint density at radius 3 is 2.21 bits per heavy atom. The largest absolute Gasteiger partial charge is 0.465 e. The minimum absolute atomic E-state index is 0.388. The summed E-state index contributed by atoms with van der Waals surface area (Å²) >= 11 is 7.04. The first-order valence-electron chi connectivity index (χ1n) is 9.24. The number of ether oxygens (including phenoxy) is 1. The van der Waals surface area contributed by atoms with Crippen molar-refractivity contribution in [2.24, 2.45) is 0 Å². The van der Waals surface area contributed by atoms with E-state index >= 15 is 0 Å². The van der Waals surface area contributed by atoms with Crippen molar-refractivity contribution in [1.29, 1.82) is 0 Å². The van der Waals surface area contributed by atoms with Gasteiger partial charge in [0, 0.05) is 16.1 Å². The molecule has 150 valence electrons. The number of hydrogen-bond donors (Lipinski definition) is 2. The Balaban J connectivity index is 1.95. The molecule has 29 heavy (non-hydrogen) atoms. The van der Waals surface area contributed by atoms with Gasteiger partial charge in [0.25, 0.3) is 0 Å². The van der Waals surface area contributed by atoms with Crippen LogP contribution in [-0.2, 0) is 4.74 Å². The van der Waals surface area contributed by atoms with E-state index in [0.717, 1.165) is 32.8 Å². The Hall–Kier alpha value is -2.70. The van der Waals surface area contributed by atoms with Crippen LogP contribution in [0.15, 0.2) is 42.5 Å². The van der Waals surface area contributed by atoms with Gasteiger partial charge >= 0.3 is 5.97 Å². The summed E-state index contributed by atoms with van der Waals surface area (Å²) in [5, 5.41) is 7.60. The Kier molecular flexibility index (Phi) is 6.35. The molecule has 0 aliphatic heterocycles. The van der Waals surface area contributed by atoms with Gasteiger partial charge in [-0.2, -0.15) is 0 Å². The molecule has 0 fully saturated rings. The van der Waals surface area contributed by atoms with Crippen LogP contribution in [0.2, 0.25) is 0 Å². The predicted molar refractivity (Wildman–Crippen MR) is 126 cm³/mol. The maximum Gasteiger partial charge on any atom is 0.341 e. The Morgan fingerprint density at radius 1 is 1.00 bits per heavy atom. The molecule has 0 saturated carbocycles. The fourth-order valence-corrected chi connectivity index (χ4v) is 4.84. The first kappa shape index (κ1) is 21.0. The first-order valence-corrected chi connectivity index (χ1v) is 10.5. The molecule has 0 aliphatic rings. The van der Waals surface area contributed by atoms with Crippen LogP contribution in [0.3, 0.4) is 0 Å². The van der Waals surface area contributed by atoms with E-state index in [-0.39, 0.29) is 5.97 Å². The minimum atomic E-state index is -0.388. The highest BCUT2D eigenvalue weighted by Gasteiger charge is 2.24. The molecule has 3 aromatic rings. The minimum Gasteiger partial charge on any atom is -0.465 e. The van der Waals surface area contributed by atoms with Crippen molar-refractivity contribution >= 4 is 45.3 Å². The lowest BCUT2D eigenvalue weighted by Gasteiger charge is -2.16. The third-order valence-corrected chi connectivity index (χ3v) is 5.90. The van der Waals surface area contributed by atoms with Crippen LogP contribution in [0.5, 0.6) is 0 Å². The van der Waals surface area contributed by atoms with Crippen LogP contribution in [0.4, 0.5) is 10.7 Å². The second kappa shape index (κ2) is 8.76. The highest BCUT2D eigenvalue weighted by atomic mass is 32.1. The van der Waals surface area contributed by atoms with Crippen molar-refractivity contribution in [3.05, 3.63) is 69.6 Å². The molecule has 0 amide bonds. The van der Waals surface area contributed by atoms with Crippen molar-refractivity contribution in [3.8, 4) is 11.1 Å². The zero-order chi connectivity index (χ0) is 21.1. The number of methoxy groups -OCH3 is 1. The van der Waals surface area contributed by atoms with Crippen LogP contribution in [0.25, 0.3) is 11.1 Å². The SMILES string of the molecule is COC(=O)c1c(NC(=S)Nc2c(C)cc(C)cc2C)sc(C)c1-c1ccccc1. The molecule has 1 heterocycles. The van der Waals surface area contributed by atoms with Crippen molar-refractivity contribution in [1.82, 2.24) is 0 Å². The summed E-state index contributed by atoms with van der Waals surface area (Å²) in [5.74, 6) is -0.388. The number of anilines is 2. The molecule has 1 aromatic heterocycles. The van der Waals surface area contributed by atoms with Gasteiger partial charge < -0.3 is 15.4 Å². The number of aryl methyl sites for hydroxylation is 4. The smallest absolute Gasteiger partial charge is 0.341 e. The molecule has 6 heteroatoms. The van der Waals surface area contributed by atoms with Gasteiger partial charge in [-0.05, 0) is 56.6 Å². The Bertz CT molecular complexity index is 1050. The van der Waals surface area contributed by atoms with Crippen molar-refractivity contribution < 1.29 is 9.53 Å². The lowest BCUT2D eigenvalue weighted by atomic mass is 10.0. The third kappa shape index (κ3) is 4.49. The number of thiophene rings is 1. The van der Waals surface area contributed by atoms with E-state index in [4.69, 9.17) is 17.0 Å². The maximum atomic E-state index is 12.6. The van der Waals surface area contributed by atoms with Gasteiger partial charge in [-0.1, -0.05) is 48.0 Å². The Labute approximate surface area is 180 Å². The fraction of sp³-hybridized carbons (Fsp3) is 0.217. The molecule has 4 nitrogen and oxygen atoms in total. The van der Waals surface area contributed by atoms with Crippen LogP contribution >= 0.6 is 23.6 Å². The molecule has 0 unspecified atom stereocenters. The van der Waals surface area contributed by atoms with Gasteiger partial charge in [0.1, 0.15) is 10.6 Å². The van der Waals surface area contributed by atoms with Crippen LogP contribution < -0.4 is 10.6 Å². The summed E-state index contributed by atoms with van der Waals surface area (Å²) in [6, 6.07) is 14.1. The van der Waals surface area contributed by atoms with Gasteiger partial charge in [-0.25, -0.2) is 4.79 Å². The molecule has 0 atom stereocenters. The Morgan fingerprint density at radius 2 is 1.62 bits per heavy atom. The summed E-state index contributed by atoms with van der Waals surface area (Å²) < 4.78 is 5.07. The summed E-state index contributed by atoms with van der Waals surface area (Å²) in [6.07, 6.45) is 0. The standard InChI is InChI=1S/C23H24N2O2S2/c1-13-11-14(2)20(15(3)12-13)24-23(28)25-21-19(22(26)27-5)18(16(4)29-21)17-9-7-6-8-10-17/h6-12H,1-5H3,(H2,24,25,28). The van der Waals surface area contributed by atoms with Crippen molar-refractivity contribution in [2.45, 2.75) is 27.7 Å². The summed E-state index contributed by atoms with van der Waals surface area (Å²) in [6.45, 7) is 8.17. The molecule has 0 spiro atoms. The number of hydrogen-bond acceptors (Lipinski definition) is 4. The molecule has 2 aromatic carbocycles. The quantitative estimate of drug-likeness (QED) is 0.383. The monoisotopic (exact) mass is 424 g/mol. The van der Waals surface area contributed by atoms with E-state index in [9.17, 15) is 4.79 Å². The lowest BCUT2D eigenvalue weighted by Crippen LogP contribution is -2.21.